The molecule has 1 aliphatic carbocycles. The van der Waals surface area contributed by atoms with Gasteiger partial charge in [0.1, 0.15) is 11.9 Å². The van der Waals surface area contributed by atoms with Crippen LogP contribution >= 0.6 is 0 Å². The minimum atomic E-state index is -5.55. The predicted octanol–water partition coefficient (Wildman–Crippen LogP) is 1.30. The zero-order valence-corrected chi connectivity index (χ0v) is 8.14. The average Bonchev–Trinajstić information content (AvgIpc) is 2.80. The van der Waals surface area contributed by atoms with E-state index in [9.17, 15) is 21.6 Å². The molecule has 8 heteroatoms. The number of alkyl halides is 3. The smallest absolute Gasteiger partial charge is 0.378 e. The monoisotopic (exact) mass is 244 g/mol. The summed E-state index contributed by atoms with van der Waals surface area (Å²) in [6.45, 7) is 0. The highest BCUT2D eigenvalue weighted by Gasteiger charge is 2.52. The van der Waals surface area contributed by atoms with Crippen LogP contribution in [-0.4, -0.2) is 26.1 Å². The van der Waals surface area contributed by atoms with Crippen LogP contribution in [0.2, 0.25) is 0 Å². The molecule has 0 N–H and O–H groups in total. The predicted molar refractivity (Wildman–Crippen MR) is 42.0 cm³/mol. The van der Waals surface area contributed by atoms with Crippen LogP contribution in [0.15, 0.2) is 11.8 Å². The maximum Gasteiger partial charge on any atom is 0.534 e. The molecule has 15 heavy (non-hydrogen) atoms. The number of allylic oxidation sites excluding steroid dienone is 1. The van der Waals surface area contributed by atoms with E-state index in [1.54, 1.807) is 0 Å². The van der Waals surface area contributed by atoms with Crippen molar-refractivity contribution in [3.05, 3.63) is 11.8 Å². The average molecular weight is 244 g/mol. The summed E-state index contributed by atoms with van der Waals surface area (Å²) in [5.41, 5.74) is -5.39. The number of hydrogen-bond donors (Lipinski definition) is 0. The summed E-state index contributed by atoms with van der Waals surface area (Å²) < 4.78 is 66.0. The van der Waals surface area contributed by atoms with E-state index in [0.29, 0.717) is 12.8 Å². The highest BCUT2D eigenvalue weighted by molar-refractivity contribution is 7.87. The van der Waals surface area contributed by atoms with Gasteiger partial charge in [0.15, 0.2) is 0 Å². The van der Waals surface area contributed by atoms with Gasteiger partial charge in [0.2, 0.25) is 0 Å². The van der Waals surface area contributed by atoms with Crippen molar-refractivity contribution in [1.29, 1.82) is 0 Å². The van der Waals surface area contributed by atoms with Crippen LogP contribution in [0.4, 0.5) is 13.2 Å². The maximum absolute atomic E-state index is 11.9. The van der Waals surface area contributed by atoms with Crippen molar-refractivity contribution in [2.75, 3.05) is 0 Å². The van der Waals surface area contributed by atoms with Gasteiger partial charge in [-0.05, 0) is 18.9 Å². The molecule has 2 unspecified atom stereocenters. The third kappa shape index (κ3) is 1.96. The zero-order valence-electron chi connectivity index (χ0n) is 7.32. The minimum absolute atomic E-state index is 0.187. The van der Waals surface area contributed by atoms with Crippen molar-refractivity contribution in [3.63, 3.8) is 0 Å². The van der Waals surface area contributed by atoms with Gasteiger partial charge in [-0.3, -0.25) is 0 Å². The van der Waals surface area contributed by atoms with E-state index in [0.717, 1.165) is 0 Å². The Labute approximate surface area is 83.8 Å². The Bertz CT molecular complexity index is 397. The number of halogens is 3. The fourth-order valence-corrected chi connectivity index (χ4v) is 1.88. The van der Waals surface area contributed by atoms with Crippen LogP contribution < -0.4 is 0 Å². The summed E-state index contributed by atoms with van der Waals surface area (Å²) in [6.07, 6.45) is 1.66. The number of fused-ring (bicyclic) bond motifs is 1. The van der Waals surface area contributed by atoms with Crippen LogP contribution in [0.3, 0.4) is 0 Å². The van der Waals surface area contributed by atoms with Gasteiger partial charge in [-0.2, -0.15) is 21.6 Å². The lowest BCUT2D eigenvalue weighted by molar-refractivity contribution is -0.0524. The quantitative estimate of drug-likeness (QED) is 0.417. The highest BCUT2D eigenvalue weighted by atomic mass is 32.2. The lowest BCUT2D eigenvalue weighted by Crippen LogP contribution is -2.26. The van der Waals surface area contributed by atoms with Crippen molar-refractivity contribution in [3.8, 4) is 0 Å². The first-order chi connectivity index (χ1) is 6.81. The zero-order chi connectivity index (χ0) is 11.3. The molecule has 4 nitrogen and oxygen atoms in total. The molecule has 2 aliphatic rings. The van der Waals surface area contributed by atoms with Crippen LogP contribution in [0.5, 0.6) is 0 Å². The van der Waals surface area contributed by atoms with Crippen LogP contribution in [0.25, 0.3) is 0 Å². The van der Waals surface area contributed by atoms with Gasteiger partial charge in [0, 0.05) is 0 Å². The number of rotatable bonds is 2. The molecule has 1 fully saturated rings. The van der Waals surface area contributed by atoms with E-state index >= 15 is 0 Å². The SMILES string of the molecule is O=S(=O)(OC1=CCCC2OC12)C(F)(F)F. The van der Waals surface area contributed by atoms with Crippen molar-refractivity contribution < 1.29 is 30.5 Å². The minimum Gasteiger partial charge on any atom is -0.378 e. The molecule has 0 aromatic carbocycles. The largest absolute Gasteiger partial charge is 0.534 e. The molecule has 86 valence electrons. The van der Waals surface area contributed by atoms with Crippen LogP contribution in [-0.2, 0) is 19.0 Å². The van der Waals surface area contributed by atoms with Gasteiger partial charge in [-0.15, -0.1) is 0 Å². The lowest BCUT2D eigenvalue weighted by atomic mass is 10.1. The molecule has 0 bridgehead atoms. The highest BCUT2D eigenvalue weighted by Crippen LogP contribution is 2.39. The van der Waals surface area contributed by atoms with Crippen LogP contribution in [0, 0.1) is 0 Å². The van der Waals surface area contributed by atoms with Gasteiger partial charge < -0.3 is 8.92 Å². The van der Waals surface area contributed by atoms with Crippen molar-refractivity contribution in [1.82, 2.24) is 0 Å². The van der Waals surface area contributed by atoms with E-state index in [1.807, 2.05) is 0 Å². The Balaban J connectivity index is 2.12. The molecular weight excluding hydrogens is 237 g/mol. The maximum atomic E-state index is 11.9. The Hall–Kier alpha value is -0.760. The van der Waals surface area contributed by atoms with Gasteiger partial charge in [0.05, 0.1) is 6.10 Å². The van der Waals surface area contributed by atoms with E-state index in [4.69, 9.17) is 4.74 Å². The van der Waals surface area contributed by atoms with E-state index in [2.05, 4.69) is 4.18 Å². The molecule has 1 saturated heterocycles. The first kappa shape index (κ1) is 10.7. The first-order valence-corrected chi connectivity index (χ1v) is 5.58. The molecule has 0 amide bonds. The summed E-state index contributed by atoms with van der Waals surface area (Å²) in [5, 5.41) is 0. The van der Waals surface area contributed by atoms with Crippen molar-refractivity contribution in [2.24, 2.45) is 0 Å². The van der Waals surface area contributed by atoms with E-state index < -0.39 is 21.7 Å². The van der Waals surface area contributed by atoms with Gasteiger partial charge in [-0.1, -0.05) is 0 Å². The first-order valence-electron chi connectivity index (χ1n) is 4.17. The normalized spacial score (nSPS) is 30.5. The molecule has 2 rings (SSSR count). The summed E-state index contributed by atoms with van der Waals surface area (Å²) >= 11 is 0. The second-order valence-corrected chi connectivity index (χ2v) is 4.80. The molecule has 1 heterocycles. The van der Waals surface area contributed by atoms with E-state index in [-0.39, 0.29) is 11.9 Å². The fourth-order valence-electron chi connectivity index (χ4n) is 1.37. The summed E-state index contributed by atoms with van der Waals surface area (Å²) in [6, 6.07) is 0. The second kappa shape index (κ2) is 3.11. The molecule has 0 aromatic heterocycles. The van der Waals surface area contributed by atoms with E-state index in [1.165, 1.54) is 6.08 Å². The van der Waals surface area contributed by atoms with Crippen molar-refractivity contribution >= 4 is 10.1 Å². The number of ether oxygens (including phenoxy) is 1. The fraction of sp³-hybridized carbons (Fsp3) is 0.714. The molecule has 0 saturated carbocycles. The lowest BCUT2D eigenvalue weighted by Gasteiger charge is -2.12. The topological polar surface area (TPSA) is 55.9 Å². The molecule has 2 atom stereocenters. The van der Waals surface area contributed by atoms with Gasteiger partial charge in [-0.25, -0.2) is 0 Å². The molecule has 0 radical (unpaired) electrons. The Morgan fingerprint density at radius 3 is 2.73 bits per heavy atom. The summed E-state index contributed by atoms with van der Waals surface area (Å²) in [7, 11) is -5.55. The number of hydrogen-bond acceptors (Lipinski definition) is 4. The molecular formula is C7H7F3O4S. The van der Waals surface area contributed by atoms with Gasteiger partial charge in [0.25, 0.3) is 0 Å². The summed E-state index contributed by atoms with van der Waals surface area (Å²) in [4.78, 5) is 0. The molecule has 0 spiro atoms. The Morgan fingerprint density at radius 2 is 2.13 bits per heavy atom. The van der Waals surface area contributed by atoms with Gasteiger partial charge >= 0.3 is 15.6 Å². The second-order valence-electron chi connectivity index (χ2n) is 3.26. The molecule has 1 aliphatic heterocycles. The molecule has 0 aromatic rings. The van der Waals surface area contributed by atoms with Crippen molar-refractivity contribution in [2.45, 2.75) is 30.6 Å². The standard InChI is InChI=1S/C7H7F3O4S/c8-7(9,10)15(11,12)14-5-3-1-2-4-6(5)13-4/h3-4,6H,1-2H2. The third-order valence-electron chi connectivity index (χ3n) is 2.15. The third-order valence-corrected chi connectivity index (χ3v) is 3.13. The Morgan fingerprint density at radius 1 is 1.47 bits per heavy atom. The number of epoxide rings is 1. The summed E-state index contributed by atoms with van der Waals surface area (Å²) in [5.74, 6) is -0.247. The Kier molecular flexibility index (Phi) is 2.23. The van der Waals surface area contributed by atoms with Crippen LogP contribution in [0.1, 0.15) is 12.8 Å².